The third-order valence-corrected chi connectivity index (χ3v) is 5.50. The third kappa shape index (κ3) is 3.86. The van der Waals surface area contributed by atoms with Gasteiger partial charge in [-0.2, -0.15) is 0 Å². The molecule has 0 amide bonds. The number of thiazole rings is 1. The molecule has 0 radical (unpaired) electrons. The summed E-state index contributed by atoms with van der Waals surface area (Å²) in [5, 5.41) is 2.02. The molecular formula is C22H22N4O2S. The molecule has 29 heavy (non-hydrogen) atoms. The van der Waals surface area contributed by atoms with Gasteiger partial charge in [0.15, 0.2) is 4.96 Å². The third-order valence-electron chi connectivity index (χ3n) is 4.73. The Balaban J connectivity index is 1.52. The minimum Gasteiger partial charge on any atom is -0.462 e. The maximum Gasteiger partial charge on any atom is 0.338 e. The van der Waals surface area contributed by atoms with Gasteiger partial charge in [0.25, 0.3) is 0 Å². The summed E-state index contributed by atoms with van der Waals surface area (Å²) in [6.45, 7) is 6.85. The Bertz CT molecular complexity index is 1150. The molecule has 0 saturated carbocycles. The highest BCUT2D eigenvalue weighted by Crippen LogP contribution is 2.21. The molecule has 0 aliphatic rings. The molecule has 148 valence electrons. The van der Waals surface area contributed by atoms with Crippen LogP contribution < -0.4 is 0 Å². The summed E-state index contributed by atoms with van der Waals surface area (Å²) in [6, 6.07) is 9.58. The molecule has 0 unspecified atom stereocenters. The van der Waals surface area contributed by atoms with E-state index >= 15 is 0 Å². The molecule has 0 fully saturated rings. The number of aliphatic imine (C=N–C) groups is 1. The zero-order chi connectivity index (χ0) is 20.4. The van der Waals surface area contributed by atoms with Gasteiger partial charge in [0.1, 0.15) is 0 Å². The molecule has 0 N–H and O–H groups in total. The molecule has 1 aromatic carbocycles. The van der Waals surface area contributed by atoms with E-state index in [1.165, 1.54) is 0 Å². The Morgan fingerprint density at radius 3 is 2.79 bits per heavy atom. The summed E-state index contributed by atoms with van der Waals surface area (Å²) in [5.41, 5.74) is 5.78. The number of nitrogens with zero attached hydrogens (tertiary/aromatic N) is 4. The van der Waals surface area contributed by atoms with Crippen molar-refractivity contribution >= 4 is 28.5 Å². The highest BCUT2D eigenvalue weighted by Gasteiger charge is 2.11. The van der Waals surface area contributed by atoms with Gasteiger partial charge in [-0.1, -0.05) is 0 Å². The first-order valence-corrected chi connectivity index (χ1v) is 10.3. The molecule has 3 heterocycles. The Morgan fingerprint density at radius 1 is 1.28 bits per heavy atom. The molecule has 6 nitrogen and oxygen atoms in total. The second kappa shape index (κ2) is 8.05. The summed E-state index contributed by atoms with van der Waals surface area (Å²) >= 11 is 1.62. The summed E-state index contributed by atoms with van der Waals surface area (Å²) in [7, 11) is 0. The van der Waals surface area contributed by atoms with Crippen LogP contribution in [0.4, 0.5) is 0 Å². The zero-order valence-corrected chi connectivity index (χ0v) is 17.4. The molecule has 0 saturated heterocycles. The molecule has 4 rings (SSSR count). The maximum atomic E-state index is 11.9. The largest absolute Gasteiger partial charge is 0.462 e. The molecule has 0 aliphatic heterocycles. The fraction of sp³-hybridized carbons (Fsp3) is 0.227. The van der Waals surface area contributed by atoms with Crippen LogP contribution in [-0.4, -0.2) is 32.7 Å². The fourth-order valence-electron chi connectivity index (χ4n) is 3.37. The quantitative estimate of drug-likeness (QED) is 0.347. The first kappa shape index (κ1) is 19.1. The number of rotatable bonds is 6. The minimum atomic E-state index is -0.299. The first-order valence-electron chi connectivity index (χ1n) is 9.44. The number of aryl methyl sites for hydroxylation is 1. The van der Waals surface area contributed by atoms with Crippen molar-refractivity contribution in [3.8, 4) is 5.69 Å². The van der Waals surface area contributed by atoms with E-state index in [0.717, 1.165) is 33.3 Å². The Kier molecular flexibility index (Phi) is 5.31. The number of esters is 1. The molecular weight excluding hydrogens is 384 g/mol. The van der Waals surface area contributed by atoms with Gasteiger partial charge in [0, 0.05) is 46.6 Å². The maximum absolute atomic E-state index is 11.9. The van der Waals surface area contributed by atoms with E-state index in [1.54, 1.807) is 30.4 Å². The van der Waals surface area contributed by atoms with Gasteiger partial charge in [-0.25, -0.2) is 9.78 Å². The van der Waals surface area contributed by atoms with Crippen LogP contribution in [0.25, 0.3) is 10.6 Å². The lowest BCUT2D eigenvalue weighted by Gasteiger charge is -2.10. The van der Waals surface area contributed by atoms with Crippen LogP contribution in [0.5, 0.6) is 0 Å². The van der Waals surface area contributed by atoms with Crippen LogP contribution in [0.3, 0.4) is 0 Å². The van der Waals surface area contributed by atoms with E-state index in [1.807, 2.05) is 40.5 Å². The van der Waals surface area contributed by atoms with Gasteiger partial charge in [-0.3, -0.25) is 9.39 Å². The van der Waals surface area contributed by atoms with Crippen LogP contribution in [0.1, 0.15) is 39.9 Å². The first-order chi connectivity index (χ1) is 14.1. The van der Waals surface area contributed by atoms with Crippen molar-refractivity contribution in [2.24, 2.45) is 4.99 Å². The van der Waals surface area contributed by atoms with Crippen LogP contribution in [0, 0.1) is 13.8 Å². The van der Waals surface area contributed by atoms with Gasteiger partial charge in [-0.15, -0.1) is 11.3 Å². The monoisotopic (exact) mass is 406 g/mol. The van der Waals surface area contributed by atoms with E-state index in [-0.39, 0.29) is 5.97 Å². The topological polar surface area (TPSA) is 60.9 Å². The van der Waals surface area contributed by atoms with Gasteiger partial charge in [-0.05, 0) is 51.1 Å². The standard InChI is InChI=1S/C22H22N4O2S/c1-4-28-21(27)17-5-7-20(8-6-17)26-15(2)11-18(16(26)3)12-23-13-19-14-25-9-10-29-22(25)24-19/h5-12,14H,4,13H2,1-3H3. The molecule has 0 atom stereocenters. The van der Waals surface area contributed by atoms with Crippen molar-refractivity contribution in [3.63, 3.8) is 0 Å². The average molecular weight is 407 g/mol. The van der Waals surface area contributed by atoms with Gasteiger partial charge in [0.05, 0.1) is 24.4 Å². The van der Waals surface area contributed by atoms with E-state index in [4.69, 9.17) is 4.74 Å². The van der Waals surface area contributed by atoms with Crippen molar-refractivity contribution < 1.29 is 9.53 Å². The fourth-order valence-corrected chi connectivity index (χ4v) is 4.09. The van der Waals surface area contributed by atoms with E-state index in [9.17, 15) is 4.79 Å². The lowest BCUT2D eigenvalue weighted by atomic mass is 10.2. The summed E-state index contributed by atoms with van der Waals surface area (Å²) in [6.07, 6.45) is 5.91. The molecule has 0 aliphatic carbocycles. The molecule has 3 aromatic heterocycles. The molecule has 0 bridgehead atoms. The van der Waals surface area contributed by atoms with Gasteiger partial charge in [0.2, 0.25) is 0 Å². The predicted molar refractivity (Wildman–Crippen MR) is 116 cm³/mol. The number of carbonyl (C=O) groups excluding carboxylic acids is 1. The average Bonchev–Trinajstić information content (AvgIpc) is 3.36. The predicted octanol–water partition coefficient (Wildman–Crippen LogP) is 4.60. The van der Waals surface area contributed by atoms with Gasteiger partial charge < -0.3 is 9.30 Å². The van der Waals surface area contributed by atoms with E-state index in [2.05, 4.69) is 34.5 Å². The second-order valence-corrected chi connectivity index (χ2v) is 7.60. The van der Waals surface area contributed by atoms with E-state index in [0.29, 0.717) is 18.7 Å². The molecule has 0 spiro atoms. The lowest BCUT2D eigenvalue weighted by Crippen LogP contribution is -2.05. The SMILES string of the molecule is CCOC(=O)c1ccc(-n2c(C)cc(C=NCc3cn4ccsc4n3)c2C)cc1. The second-order valence-electron chi connectivity index (χ2n) is 6.72. The number of fused-ring (bicyclic) bond motifs is 1. The van der Waals surface area contributed by atoms with Crippen molar-refractivity contribution in [2.75, 3.05) is 6.61 Å². The molecule has 4 aromatic rings. The summed E-state index contributed by atoms with van der Waals surface area (Å²) in [4.78, 5) is 22.0. The van der Waals surface area contributed by atoms with Crippen molar-refractivity contribution in [1.82, 2.24) is 14.0 Å². The lowest BCUT2D eigenvalue weighted by molar-refractivity contribution is 0.0526. The van der Waals surface area contributed by atoms with Crippen LogP contribution in [0.15, 0.2) is 53.1 Å². The Morgan fingerprint density at radius 2 is 2.07 bits per heavy atom. The number of carbonyl (C=O) groups is 1. The number of aromatic nitrogens is 3. The minimum absolute atomic E-state index is 0.299. The van der Waals surface area contributed by atoms with Crippen LogP contribution in [0.2, 0.25) is 0 Å². The van der Waals surface area contributed by atoms with Crippen molar-refractivity contribution in [3.05, 3.63) is 76.3 Å². The Hall–Kier alpha value is -3.19. The normalized spacial score (nSPS) is 11.6. The van der Waals surface area contributed by atoms with Crippen LogP contribution >= 0.6 is 11.3 Å². The van der Waals surface area contributed by atoms with Crippen molar-refractivity contribution in [1.29, 1.82) is 0 Å². The highest BCUT2D eigenvalue weighted by molar-refractivity contribution is 7.15. The number of hydrogen-bond donors (Lipinski definition) is 0. The number of imidazole rings is 1. The smallest absolute Gasteiger partial charge is 0.338 e. The number of benzene rings is 1. The van der Waals surface area contributed by atoms with Gasteiger partial charge >= 0.3 is 5.97 Å². The Labute approximate surface area is 173 Å². The van der Waals surface area contributed by atoms with Crippen molar-refractivity contribution in [2.45, 2.75) is 27.3 Å². The number of hydrogen-bond acceptors (Lipinski definition) is 5. The summed E-state index contributed by atoms with van der Waals surface area (Å²) < 4.78 is 9.22. The molecule has 7 heteroatoms. The summed E-state index contributed by atoms with van der Waals surface area (Å²) in [5.74, 6) is -0.299. The number of ether oxygens (including phenoxy) is 1. The van der Waals surface area contributed by atoms with Crippen LogP contribution in [-0.2, 0) is 11.3 Å². The van der Waals surface area contributed by atoms with E-state index < -0.39 is 0 Å². The highest BCUT2D eigenvalue weighted by atomic mass is 32.1. The zero-order valence-electron chi connectivity index (χ0n) is 16.6.